The average molecular weight is 223 g/mol. The van der Waals surface area contributed by atoms with Crippen LogP contribution in [0.25, 0.3) is 21.7 Å². The molecule has 0 aliphatic carbocycles. The third-order valence-corrected chi connectivity index (χ3v) is 2.99. The number of hydrogen-bond acceptors (Lipinski definition) is 3. The van der Waals surface area contributed by atoms with Crippen molar-refractivity contribution in [1.29, 1.82) is 0 Å². The first-order chi connectivity index (χ1) is 8.29. The lowest BCUT2D eigenvalue weighted by atomic mass is 10.0. The molecule has 0 spiro atoms. The lowest BCUT2D eigenvalue weighted by molar-refractivity contribution is 1.24. The number of nitrogens with zero attached hydrogens (tertiary/aromatic N) is 1. The first-order valence-electron chi connectivity index (χ1n) is 5.55. The molecule has 3 heteroatoms. The molecule has 0 aliphatic heterocycles. The van der Waals surface area contributed by atoms with Gasteiger partial charge in [0.05, 0.1) is 11.2 Å². The molecule has 17 heavy (non-hydrogen) atoms. The van der Waals surface area contributed by atoms with Crippen LogP contribution < -0.4 is 11.3 Å². The molecule has 3 rings (SSSR count). The molecule has 3 N–H and O–H groups in total. The van der Waals surface area contributed by atoms with Gasteiger partial charge in [-0.05, 0) is 18.4 Å². The van der Waals surface area contributed by atoms with Crippen molar-refractivity contribution in [2.24, 2.45) is 5.84 Å². The quantitative estimate of drug-likeness (QED) is 0.379. The van der Waals surface area contributed by atoms with E-state index in [2.05, 4.69) is 34.7 Å². The van der Waals surface area contributed by atoms with E-state index >= 15 is 0 Å². The fourth-order valence-corrected chi connectivity index (χ4v) is 2.21. The molecule has 0 amide bonds. The summed E-state index contributed by atoms with van der Waals surface area (Å²) in [6, 6.07) is 14.3. The van der Waals surface area contributed by atoms with Gasteiger partial charge < -0.3 is 5.43 Å². The van der Waals surface area contributed by atoms with Crippen LogP contribution in [0.4, 0.5) is 5.69 Å². The Kier molecular flexibility index (Phi) is 2.20. The van der Waals surface area contributed by atoms with Crippen molar-refractivity contribution >= 4 is 27.4 Å². The van der Waals surface area contributed by atoms with E-state index in [0.29, 0.717) is 0 Å². The number of hydrogen-bond donors (Lipinski definition) is 2. The van der Waals surface area contributed by atoms with E-state index in [4.69, 9.17) is 5.84 Å². The third kappa shape index (κ3) is 1.52. The second-order valence-corrected chi connectivity index (χ2v) is 4.14. The minimum absolute atomic E-state index is 0.915. The molecule has 0 saturated heterocycles. The summed E-state index contributed by atoms with van der Waals surface area (Å²) in [6.07, 6.45) is 0. The number of rotatable bonds is 1. The van der Waals surface area contributed by atoms with Gasteiger partial charge in [0.15, 0.2) is 0 Å². The van der Waals surface area contributed by atoms with Gasteiger partial charge in [-0.15, -0.1) is 0 Å². The summed E-state index contributed by atoms with van der Waals surface area (Å²) in [5, 5.41) is 3.41. The number of nitrogen functional groups attached to an aromatic ring is 1. The van der Waals surface area contributed by atoms with Gasteiger partial charge in [0.25, 0.3) is 0 Å². The standard InChI is InChI=1S/C14H13N3/c1-9-8-13(17-15)12-7-6-10-4-2-3-5-11(10)14(12)16-9/h2-8H,15H2,1H3,(H,16,17). The molecule has 0 saturated carbocycles. The fourth-order valence-electron chi connectivity index (χ4n) is 2.21. The molecular weight excluding hydrogens is 210 g/mol. The topological polar surface area (TPSA) is 50.9 Å². The molecule has 0 atom stereocenters. The number of aryl methyl sites for hydroxylation is 1. The Bertz CT molecular complexity index is 704. The molecule has 1 aromatic heterocycles. The van der Waals surface area contributed by atoms with E-state index in [9.17, 15) is 0 Å². The van der Waals surface area contributed by atoms with Crippen molar-refractivity contribution < 1.29 is 0 Å². The van der Waals surface area contributed by atoms with Crippen LogP contribution in [0, 0.1) is 6.92 Å². The highest BCUT2D eigenvalue weighted by molar-refractivity contribution is 6.09. The molecule has 2 aromatic carbocycles. The van der Waals surface area contributed by atoms with Gasteiger partial charge in [0.1, 0.15) is 0 Å². The fraction of sp³-hybridized carbons (Fsp3) is 0.0714. The first kappa shape index (κ1) is 10.1. The highest BCUT2D eigenvalue weighted by Gasteiger charge is 2.06. The molecule has 0 radical (unpaired) electrons. The van der Waals surface area contributed by atoms with Crippen LogP contribution in [-0.4, -0.2) is 4.98 Å². The zero-order valence-electron chi connectivity index (χ0n) is 9.57. The maximum Gasteiger partial charge on any atom is 0.0804 e. The number of aromatic nitrogens is 1. The van der Waals surface area contributed by atoms with Gasteiger partial charge in [0.2, 0.25) is 0 Å². The number of pyridine rings is 1. The van der Waals surface area contributed by atoms with Gasteiger partial charge in [-0.25, -0.2) is 0 Å². The van der Waals surface area contributed by atoms with E-state index < -0.39 is 0 Å². The number of hydrazine groups is 1. The van der Waals surface area contributed by atoms with E-state index in [1.165, 1.54) is 5.39 Å². The van der Waals surface area contributed by atoms with Gasteiger partial charge in [0, 0.05) is 16.5 Å². The Hall–Kier alpha value is -2.13. The minimum Gasteiger partial charge on any atom is -0.323 e. The number of nitrogens with two attached hydrogens (primary N) is 1. The van der Waals surface area contributed by atoms with E-state index in [1.807, 2.05) is 25.1 Å². The van der Waals surface area contributed by atoms with Crippen LogP contribution in [0.2, 0.25) is 0 Å². The third-order valence-electron chi connectivity index (χ3n) is 2.99. The van der Waals surface area contributed by atoms with Crippen molar-refractivity contribution in [1.82, 2.24) is 4.98 Å². The van der Waals surface area contributed by atoms with Crippen molar-refractivity contribution in [3.05, 3.63) is 48.2 Å². The lowest BCUT2D eigenvalue weighted by Gasteiger charge is -2.09. The molecule has 0 bridgehead atoms. The summed E-state index contributed by atoms with van der Waals surface area (Å²) in [7, 11) is 0. The van der Waals surface area contributed by atoms with Crippen LogP contribution in [0.5, 0.6) is 0 Å². The molecule has 0 unspecified atom stereocenters. The highest BCUT2D eigenvalue weighted by Crippen LogP contribution is 2.28. The number of nitrogens with one attached hydrogen (secondary N) is 1. The molecule has 1 heterocycles. The van der Waals surface area contributed by atoms with E-state index in [1.54, 1.807) is 0 Å². The summed E-state index contributed by atoms with van der Waals surface area (Å²) in [5.74, 6) is 5.55. The predicted octanol–water partition coefficient (Wildman–Crippen LogP) is 2.98. The van der Waals surface area contributed by atoms with Crippen LogP contribution >= 0.6 is 0 Å². The Labute approximate surface area is 99.2 Å². The smallest absolute Gasteiger partial charge is 0.0804 e. The number of benzene rings is 2. The number of fused-ring (bicyclic) bond motifs is 3. The maximum absolute atomic E-state index is 5.55. The van der Waals surface area contributed by atoms with Crippen LogP contribution in [0.3, 0.4) is 0 Å². The van der Waals surface area contributed by atoms with Crippen molar-refractivity contribution in [2.75, 3.05) is 5.43 Å². The summed E-state index contributed by atoms with van der Waals surface area (Å²) < 4.78 is 0. The SMILES string of the molecule is Cc1cc(NN)c2ccc3ccccc3c2n1. The van der Waals surface area contributed by atoms with Crippen molar-refractivity contribution in [3.8, 4) is 0 Å². The Morgan fingerprint density at radius 1 is 1.06 bits per heavy atom. The second-order valence-electron chi connectivity index (χ2n) is 4.14. The highest BCUT2D eigenvalue weighted by atomic mass is 15.2. The minimum atomic E-state index is 0.915. The lowest BCUT2D eigenvalue weighted by Crippen LogP contribution is -2.08. The molecule has 0 fully saturated rings. The molecule has 84 valence electrons. The van der Waals surface area contributed by atoms with Crippen LogP contribution in [0.1, 0.15) is 5.69 Å². The Morgan fingerprint density at radius 2 is 1.88 bits per heavy atom. The van der Waals surface area contributed by atoms with Crippen LogP contribution in [0.15, 0.2) is 42.5 Å². The Balaban J connectivity index is 2.54. The largest absolute Gasteiger partial charge is 0.323 e. The van der Waals surface area contributed by atoms with Gasteiger partial charge in [-0.2, -0.15) is 0 Å². The van der Waals surface area contributed by atoms with Crippen molar-refractivity contribution in [2.45, 2.75) is 6.92 Å². The zero-order valence-corrected chi connectivity index (χ0v) is 9.57. The normalized spacial score (nSPS) is 10.9. The van der Waals surface area contributed by atoms with E-state index in [-0.39, 0.29) is 0 Å². The summed E-state index contributed by atoms with van der Waals surface area (Å²) in [6.45, 7) is 1.97. The van der Waals surface area contributed by atoms with Gasteiger partial charge in [-0.3, -0.25) is 10.8 Å². The van der Waals surface area contributed by atoms with Crippen LogP contribution in [-0.2, 0) is 0 Å². The molecule has 3 aromatic rings. The summed E-state index contributed by atoms with van der Waals surface area (Å²) >= 11 is 0. The Morgan fingerprint density at radius 3 is 2.71 bits per heavy atom. The second kappa shape index (κ2) is 3.71. The molecule has 3 nitrogen and oxygen atoms in total. The first-order valence-corrected chi connectivity index (χ1v) is 5.55. The predicted molar refractivity (Wildman–Crippen MR) is 71.8 cm³/mol. The average Bonchev–Trinajstić information content (AvgIpc) is 2.37. The number of anilines is 1. The van der Waals surface area contributed by atoms with Gasteiger partial charge in [-0.1, -0.05) is 36.4 Å². The van der Waals surface area contributed by atoms with Crippen molar-refractivity contribution in [3.63, 3.8) is 0 Å². The molecular formula is C14H13N3. The summed E-state index contributed by atoms with van der Waals surface area (Å²) in [5.41, 5.74) is 5.61. The maximum atomic E-state index is 5.55. The van der Waals surface area contributed by atoms with E-state index in [0.717, 1.165) is 27.7 Å². The summed E-state index contributed by atoms with van der Waals surface area (Å²) in [4.78, 5) is 4.62. The molecule has 0 aliphatic rings. The van der Waals surface area contributed by atoms with Gasteiger partial charge >= 0.3 is 0 Å². The zero-order chi connectivity index (χ0) is 11.8. The monoisotopic (exact) mass is 223 g/mol.